The maximum absolute atomic E-state index is 12.4. The molecule has 0 atom stereocenters. The van der Waals surface area contributed by atoms with Gasteiger partial charge in [-0.25, -0.2) is 4.79 Å². The van der Waals surface area contributed by atoms with E-state index in [0.29, 0.717) is 18.8 Å². The van der Waals surface area contributed by atoms with Gasteiger partial charge in [-0.15, -0.1) is 11.8 Å². The highest BCUT2D eigenvalue weighted by Gasteiger charge is 2.22. The van der Waals surface area contributed by atoms with Crippen molar-refractivity contribution < 1.29 is 4.79 Å². The fourth-order valence-corrected chi connectivity index (χ4v) is 3.29. The number of carbonyl (C=O) groups excluding carboxylic acids is 1. The minimum Gasteiger partial charge on any atom is -0.399 e. The first kappa shape index (κ1) is 13.8. The summed E-state index contributed by atoms with van der Waals surface area (Å²) in [5, 5.41) is 2.97. The lowest BCUT2D eigenvalue weighted by molar-refractivity contribution is 0.246. The number of nitrogens with zero attached hydrogens (tertiary/aromatic N) is 1. The van der Waals surface area contributed by atoms with E-state index in [1.807, 2.05) is 48.5 Å². The van der Waals surface area contributed by atoms with E-state index in [1.165, 1.54) is 0 Å². The molecule has 5 heteroatoms. The van der Waals surface area contributed by atoms with Crippen molar-refractivity contribution in [2.24, 2.45) is 0 Å². The Bertz CT molecular complexity index is 645. The standard InChI is InChI=1S/C16H17N3OS/c17-13-6-7-15-14(10-13)19(8-9-21-15)16(20)18-11-12-4-2-1-3-5-12/h1-7,10H,8-9,11,17H2,(H,18,20). The van der Waals surface area contributed by atoms with Crippen LogP contribution in [-0.4, -0.2) is 18.3 Å². The summed E-state index contributed by atoms with van der Waals surface area (Å²) in [4.78, 5) is 15.3. The molecule has 0 bridgehead atoms. The summed E-state index contributed by atoms with van der Waals surface area (Å²) in [5.41, 5.74) is 8.51. The van der Waals surface area contributed by atoms with Crippen LogP contribution in [0.3, 0.4) is 0 Å². The number of hydrogen-bond donors (Lipinski definition) is 2. The van der Waals surface area contributed by atoms with Gasteiger partial charge in [0.05, 0.1) is 5.69 Å². The van der Waals surface area contributed by atoms with E-state index in [9.17, 15) is 4.79 Å². The Morgan fingerprint density at radius 2 is 2.05 bits per heavy atom. The molecule has 0 unspecified atom stereocenters. The largest absolute Gasteiger partial charge is 0.399 e. The van der Waals surface area contributed by atoms with Crippen LogP contribution in [0.2, 0.25) is 0 Å². The quantitative estimate of drug-likeness (QED) is 0.838. The highest BCUT2D eigenvalue weighted by molar-refractivity contribution is 7.99. The molecule has 2 aromatic carbocycles. The van der Waals surface area contributed by atoms with E-state index in [0.717, 1.165) is 21.9 Å². The normalized spacial score (nSPS) is 13.6. The van der Waals surface area contributed by atoms with Crippen LogP contribution < -0.4 is 16.0 Å². The third-order valence-electron chi connectivity index (χ3n) is 3.38. The molecule has 0 fully saturated rings. The highest BCUT2D eigenvalue weighted by atomic mass is 32.2. The maximum Gasteiger partial charge on any atom is 0.322 e. The van der Waals surface area contributed by atoms with E-state index >= 15 is 0 Å². The van der Waals surface area contributed by atoms with Crippen molar-refractivity contribution in [1.29, 1.82) is 0 Å². The van der Waals surface area contributed by atoms with E-state index < -0.39 is 0 Å². The Morgan fingerprint density at radius 1 is 1.24 bits per heavy atom. The fraction of sp³-hybridized carbons (Fsp3) is 0.188. The number of nitrogens with two attached hydrogens (primary N) is 1. The number of nitrogen functional groups attached to an aromatic ring is 1. The van der Waals surface area contributed by atoms with Gasteiger partial charge in [0.1, 0.15) is 0 Å². The van der Waals surface area contributed by atoms with Crippen LogP contribution in [0.15, 0.2) is 53.4 Å². The van der Waals surface area contributed by atoms with Crippen molar-refractivity contribution in [2.45, 2.75) is 11.4 Å². The molecule has 108 valence electrons. The third kappa shape index (κ3) is 3.13. The first-order chi connectivity index (χ1) is 10.2. The lowest BCUT2D eigenvalue weighted by Gasteiger charge is -2.29. The first-order valence-corrected chi connectivity index (χ1v) is 7.84. The average molecular weight is 299 g/mol. The SMILES string of the molecule is Nc1ccc2c(c1)N(C(=O)NCc1ccccc1)CCS2. The summed E-state index contributed by atoms with van der Waals surface area (Å²) in [6.07, 6.45) is 0. The zero-order valence-electron chi connectivity index (χ0n) is 11.6. The molecule has 4 nitrogen and oxygen atoms in total. The Kier molecular flexibility index (Phi) is 4.01. The Labute approximate surface area is 128 Å². The predicted molar refractivity (Wildman–Crippen MR) is 87.6 cm³/mol. The van der Waals surface area contributed by atoms with Crippen LogP contribution in [0.5, 0.6) is 0 Å². The smallest absolute Gasteiger partial charge is 0.322 e. The Hall–Kier alpha value is -2.14. The number of urea groups is 1. The molecule has 21 heavy (non-hydrogen) atoms. The van der Waals surface area contributed by atoms with Crippen LogP contribution in [0.4, 0.5) is 16.2 Å². The number of nitrogens with one attached hydrogen (secondary N) is 1. The molecule has 0 radical (unpaired) electrons. The number of benzene rings is 2. The number of anilines is 2. The maximum atomic E-state index is 12.4. The first-order valence-electron chi connectivity index (χ1n) is 6.85. The topological polar surface area (TPSA) is 58.4 Å². The molecule has 0 saturated carbocycles. The molecule has 0 saturated heterocycles. The zero-order chi connectivity index (χ0) is 14.7. The van der Waals surface area contributed by atoms with Gasteiger partial charge in [0.2, 0.25) is 0 Å². The summed E-state index contributed by atoms with van der Waals surface area (Å²) in [5.74, 6) is 0.898. The van der Waals surface area contributed by atoms with Crippen LogP contribution in [0.25, 0.3) is 0 Å². The number of carbonyl (C=O) groups is 1. The molecule has 3 rings (SSSR count). The van der Waals surface area contributed by atoms with Gasteiger partial charge in [-0.05, 0) is 23.8 Å². The summed E-state index contributed by atoms with van der Waals surface area (Å²) in [6, 6.07) is 15.5. The van der Waals surface area contributed by atoms with Crippen molar-refractivity contribution in [3.63, 3.8) is 0 Å². The Balaban J connectivity index is 1.73. The van der Waals surface area contributed by atoms with Crippen molar-refractivity contribution in [3.05, 3.63) is 54.1 Å². The van der Waals surface area contributed by atoms with Crippen molar-refractivity contribution in [2.75, 3.05) is 22.9 Å². The Morgan fingerprint density at radius 3 is 2.86 bits per heavy atom. The minimum absolute atomic E-state index is 0.0778. The van der Waals surface area contributed by atoms with E-state index in [2.05, 4.69) is 5.32 Å². The van der Waals surface area contributed by atoms with Gasteiger partial charge in [0.15, 0.2) is 0 Å². The molecule has 3 N–H and O–H groups in total. The van der Waals surface area contributed by atoms with Crippen LogP contribution in [0, 0.1) is 0 Å². The molecule has 0 aromatic heterocycles. The van der Waals surface area contributed by atoms with Crippen molar-refractivity contribution in [1.82, 2.24) is 5.32 Å². The molecule has 2 amide bonds. The zero-order valence-corrected chi connectivity index (χ0v) is 12.4. The third-order valence-corrected chi connectivity index (χ3v) is 4.42. The van der Waals surface area contributed by atoms with E-state index in [-0.39, 0.29) is 6.03 Å². The lowest BCUT2D eigenvalue weighted by Crippen LogP contribution is -2.42. The molecule has 1 aliphatic heterocycles. The molecule has 1 heterocycles. The predicted octanol–water partition coefficient (Wildman–Crippen LogP) is 3.09. The molecular weight excluding hydrogens is 282 g/mol. The second-order valence-corrected chi connectivity index (χ2v) is 6.01. The van der Waals surface area contributed by atoms with Crippen molar-refractivity contribution >= 4 is 29.2 Å². The minimum atomic E-state index is -0.0778. The molecular formula is C16H17N3OS. The van der Waals surface area contributed by atoms with Crippen LogP contribution >= 0.6 is 11.8 Å². The molecule has 2 aromatic rings. The van der Waals surface area contributed by atoms with Gasteiger partial charge >= 0.3 is 6.03 Å². The molecule has 0 aliphatic carbocycles. The number of fused-ring (bicyclic) bond motifs is 1. The summed E-state index contributed by atoms with van der Waals surface area (Å²) < 4.78 is 0. The second kappa shape index (κ2) is 6.10. The lowest BCUT2D eigenvalue weighted by atomic mass is 10.2. The van der Waals surface area contributed by atoms with E-state index in [4.69, 9.17) is 5.73 Å². The summed E-state index contributed by atoms with van der Waals surface area (Å²) >= 11 is 1.76. The summed E-state index contributed by atoms with van der Waals surface area (Å²) in [7, 11) is 0. The number of amides is 2. The van der Waals surface area contributed by atoms with Gasteiger partial charge in [-0.1, -0.05) is 30.3 Å². The molecule has 0 spiro atoms. The number of thioether (sulfide) groups is 1. The fourth-order valence-electron chi connectivity index (χ4n) is 2.31. The van der Waals surface area contributed by atoms with Gasteiger partial charge in [-0.3, -0.25) is 4.90 Å². The monoisotopic (exact) mass is 299 g/mol. The van der Waals surface area contributed by atoms with Crippen molar-refractivity contribution in [3.8, 4) is 0 Å². The van der Waals surface area contributed by atoms with Gasteiger partial charge in [0.25, 0.3) is 0 Å². The average Bonchev–Trinajstić information content (AvgIpc) is 2.53. The molecule has 1 aliphatic rings. The van der Waals surface area contributed by atoms with Gasteiger partial charge in [0, 0.05) is 29.4 Å². The van der Waals surface area contributed by atoms with E-state index in [1.54, 1.807) is 16.7 Å². The van der Waals surface area contributed by atoms with Gasteiger partial charge < -0.3 is 11.1 Å². The van der Waals surface area contributed by atoms with Crippen LogP contribution in [0.1, 0.15) is 5.56 Å². The van der Waals surface area contributed by atoms with Gasteiger partial charge in [-0.2, -0.15) is 0 Å². The second-order valence-electron chi connectivity index (χ2n) is 4.87. The number of hydrogen-bond acceptors (Lipinski definition) is 3. The highest BCUT2D eigenvalue weighted by Crippen LogP contribution is 2.35. The summed E-state index contributed by atoms with van der Waals surface area (Å²) in [6.45, 7) is 1.22. The number of rotatable bonds is 2. The van der Waals surface area contributed by atoms with Crippen LogP contribution in [-0.2, 0) is 6.54 Å².